The van der Waals surface area contributed by atoms with Crippen LogP contribution in [0.3, 0.4) is 0 Å². The average molecular weight is 359 g/mol. The standard InChI is InChI=1S/C12H15BrN4O2S/c1-3-12(4-2,11(18)19)7-17-10(14-15-16-17)8-5-6-9(13)20-8/h5-6H,3-4,7H2,1-2H3,(H,18,19). The molecule has 0 bridgehead atoms. The van der Waals surface area contributed by atoms with E-state index in [2.05, 4.69) is 31.5 Å². The van der Waals surface area contributed by atoms with Crippen LogP contribution in [0.5, 0.6) is 0 Å². The number of hydrogen-bond donors (Lipinski definition) is 1. The van der Waals surface area contributed by atoms with Crippen molar-refractivity contribution in [2.45, 2.75) is 33.2 Å². The second kappa shape index (κ2) is 6.01. The fraction of sp³-hybridized carbons (Fsp3) is 0.500. The number of tetrazole rings is 1. The minimum Gasteiger partial charge on any atom is -0.481 e. The first-order chi connectivity index (χ1) is 9.52. The van der Waals surface area contributed by atoms with Gasteiger partial charge in [0.25, 0.3) is 0 Å². The van der Waals surface area contributed by atoms with E-state index in [0.29, 0.717) is 18.7 Å². The van der Waals surface area contributed by atoms with Gasteiger partial charge in [0.1, 0.15) is 0 Å². The first kappa shape index (κ1) is 15.1. The third kappa shape index (κ3) is 2.76. The monoisotopic (exact) mass is 358 g/mol. The Bertz CT molecular complexity index is 606. The Morgan fingerprint density at radius 3 is 2.65 bits per heavy atom. The summed E-state index contributed by atoms with van der Waals surface area (Å²) >= 11 is 4.92. The number of hydrogen-bond acceptors (Lipinski definition) is 5. The summed E-state index contributed by atoms with van der Waals surface area (Å²) in [6, 6.07) is 3.83. The van der Waals surface area contributed by atoms with E-state index in [1.54, 1.807) is 4.68 Å². The highest BCUT2D eigenvalue weighted by Crippen LogP contribution is 2.33. The van der Waals surface area contributed by atoms with Crippen LogP contribution >= 0.6 is 27.3 Å². The van der Waals surface area contributed by atoms with Crippen LogP contribution in [0.2, 0.25) is 0 Å². The van der Waals surface area contributed by atoms with Crippen molar-refractivity contribution in [2.24, 2.45) is 5.41 Å². The smallest absolute Gasteiger partial charge is 0.311 e. The Morgan fingerprint density at radius 2 is 2.15 bits per heavy atom. The minimum absolute atomic E-state index is 0.271. The van der Waals surface area contributed by atoms with E-state index < -0.39 is 11.4 Å². The van der Waals surface area contributed by atoms with E-state index in [9.17, 15) is 9.90 Å². The maximum Gasteiger partial charge on any atom is 0.311 e. The Morgan fingerprint density at radius 1 is 1.45 bits per heavy atom. The van der Waals surface area contributed by atoms with Crippen molar-refractivity contribution in [2.75, 3.05) is 0 Å². The summed E-state index contributed by atoms with van der Waals surface area (Å²) in [5.41, 5.74) is -0.835. The van der Waals surface area contributed by atoms with Gasteiger partial charge in [-0.2, -0.15) is 0 Å². The molecule has 0 amide bonds. The lowest BCUT2D eigenvalue weighted by Gasteiger charge is -2.26. The zero-order chi connectivity index (χ0) is 14.8. The molecular weight excluding hydrogens is 344 g/mol. The van der Waals surface area contributed by atoms with Gasteiger partial charge in [-0.1, -0.05) is 13.8 Å². The fourth-order valence-corrected chi connectivity index (χ4v) is 3.43. The quantitative estimate of drug-likeness (QED) is 0.857. The van der Waals surface area contributed by atoms with Crippen LogP contribution in [0.1, 0.15) is 26.7 Å². The topological polar surface area (TPSA) is 80.9 Å². The largest absolute Gasteiger partial charge is 0.481 e. The molecule has 0 aliphatic rings. The molecule has 8 heteroatoms. The highest BCUT2D eigenvalue weighted by Gasteiger charge is 2.36. The van der Waals surface area contributed by atoms with E-state index in [1.165, 1.54) is 11.3 Å². The van der Waals surface area contributed by atoms with Gasteiger partial charge in [-0.15, -0.1) is 16.4 Å². The van der Waals surface area contributed by atoms with Crippen molar-refractivity contribution >= 4 is 33.2 Å². The number of thiophene rings is 1. The van der Waals surface area contributed by atoms with E-state index >= 15 is 0 Å². The third-order valence-corrected chi connectivity index (χ3v) is 5.20. The van der Waals surface area contributed by atoms with Gasteiger partial charge in [0.05, 0.1) is 20.6 Å². The van der Waals surface area contributed by atoms with Crippen molar-refractivity contribution in [3.05, 3.63) is 15.9 Å². The van der Waals surface area contributed by atoms with Gasteiger partial charge in [-0.3, -0.25) is 4.79 Å². The zero-order valence-electron chi connectivity index (χ0n) is 11.2. The number of carbonyl (C=O) groups is 1. The molecule has 0 saturated carbocycles. The van der Waals surface area contributed by atoms with Crippen LogP contribution in [0.15, 0.2) is 15.9 Å². The summed E-state index contributed by atoms with van der Waals surface area (Å²) in [7, 11) is 0. The molecule has 0 unspecified atom stereocenters. The number of nitrogens with zero attached hydrogens (tertiary/aromatic N) is 4. The van der Waals surface area contributed by atoms with Crippen molar-refractivity contribution in [3.8, 4) is 10.7 Å². The molecule has 108 valence electrons. The maximum absolute atomic E-state index is 11.6. The molecule has 2 aromatic rings. The molecule has 20 heavy (non-hydrogen) atoms. The van der Waals surface area contributed by atoms with Gasteiger partial charge in [0.15, 0.2) is 5.82 Å². The molecule has 0 aliphatic heterocycles. The molecule has 2 heterocycles. The molecule has 0 atom stereocenters. The summed E-state index contributed by atoms with van der Waals surface area (Å²) in [5.74, 6) is -0.204. The number of carboxylic acid groups (broad SMARTS) is 1. The first-order valence-electron chi connectivity index (χ1n) is 6.27. The molecule has 0 spiro atoms. The van der Waals surface area contributed by atoms with E-state index in [0.717, 1.165) is 8.66 Å². The lowest BCUT2D eigenvalue weighted by molar-refractivity contribution is -0.150. The molecule has 1 N–H and O–H groups in total. The lowest BCUT2D eigenvalue weighted by Crippen LogP contribution is -2.35. The maximum atomic E-state index is 11.6. The molecule has 2 aromatic heterocycles. The zero-order valence-corrected chi connectivity index (χ0v) is 13.6. The second-order valence-corrected chi connectivity index (χ2v) is 7.02. The predicted octanol–water partition coefficient (Wildman–Crippen LogP) is 3.06. The highest BCUT2D eigenvalue weighted by molar-refractivity contribution is 9.11. The van der Waals surface area contributed by atoms with Gasteiger partial charge < -0.3 is 5.11 Å². The number of carboxylic acids is 1. The summed E-state index contributed by atoms with van der Waals surface area (Å²) < 4.78 is 2.57. The normalized spacial score (nSPS) is 11.8. The summed E-state index contributed by atoms with van der Waals surface area (Å²) in [6.45, 7) is 4.03. The van der Waals surface area contributed by atoms with E-state index in [1.807, 2.05) is 26.0 Å². The van der Waals surface area contributed by atoms with Crippen LogP contribution in [-0.2, 0) is 11.3 Å². The van der Waals surface area contributed by atoms with Crippen molar-refractivity contribution in [1.29, 1.82) is 0 Å². The summed E-state index contributed by atoms with van der Waals surface area (Å²) in [5, 5.41) is 21.1. The van der Waals surface area contributed by atoms with Gasteiger partial charge in [-0.25, -0.2) is 4.68 Å². The molecular formula is C12H15BrN4O2S. The molecule has 0 aliphatic carbocycles. The number of rotatable bonds is 6. The predicted molar refractivity (Wildman–Crippen MR) is 79.5 cm³/mol. The number of aromatic nitrogens is 4. The minimum atomic E-state index is -0.835. The van der Waals surface area contributed by atoms with Gasteiger partial charge in [0.2, 0.25) is 0 Å². The third-order valence-electron chi connectivity index (χ3n) is 3.59. The average Bonchev–Trinajstić information content (AvgIpc) is 3.04. The Labute approximate surface area is 128 Å². The molecule has 6 nitrogen and oxygen atoms in total. The molecule has 0 aromatic carbocycles. The van der Waals surface area contributed by atoms with Gasteiger partial charge in [0, 0.05) is 0 Å². The van der Waals surface area contributed by atoms with Crippen molar-refractivity contribution < 1.29 is 9.90 Å². The van der Waals surface area contributed by atoms with Crippen molar-refractivity contribution in [1.82, 2.24) is 20.2 Å². The summed E-state index contributed by atoms with van der Waals surface area (Å²) in [4.78, 5) is 12.5. The SMILES string of the molecule is CCC(CC)(Cn1nnnc1-c1ccc(Br)s1)C(=O)O. The Kier molecular flexibility index (Phi) is 4.54. The van der Waals surface area contributed by atoms with Crippen LogP contribution in [-0.4, -0.2) is 31.3 Å². The lowest BCUT2D eigenvalue weighted by atomic mass is 9.82. The van der Waals surface area contributed by atoms with Crippen molar-refractivity contribution in [3.63, 3.8) is 0 Å². The summed E-state index contributed by atoms with van der Waals surface area (Å²) in [6.07, 6.45) is 1.07. The molecule has 0 radical (unpaired) electrons. The molecule has 0 saturated heterocycles. The van der Waals surface area contributed by atoms with Crippen LogP contribution in [0, 0.1) is 5.41 Å². The van der Waals surface area contributed by atoms with E-state index in [-0.39, 0.29) is 6.54 Å². The Hall–Kier alpha value is -1.28. The second-order valence-electron chi connectivity index (χ2n) is 4.56. The van der Waals surface area contributed by atoms with Gasteiger partial charge >= 0.3 is 5.97 Å². The number of halogens is 1. The van der Waals surface area contributed by atoms with Crippen LogP contribution in [0.25, 0.3) is 10.7 Å². The fourth-order valence-electron chi connectivity index (χ4n) is 2.05. The highest BCUT2D eigenvalue weighted by atomic mass is 79.9. The Balaban J connectivity index is 2.35. The first-order valence-corrected chi connectivity index (χ1v) is 7.88. The van der Waals surface area contributed by atoms with Crippen LogP contribution in [0.4, 0.5) is 0 Å². The van der Waals surface area contributed by atoms with Crippen LogP contribution < -0.4 is 0 Å². The number of aliphatic carboxylic acids is 1. The van der Waals surface area contributed by atoms with E-state index in [4.69, 9.17) is 0 Å². The van der Waals surface area contributed by atoms with Gasteiger partial charge in [-0.05, 0) is 51.3 Å². The molecule has 2 rings (SSSR count). The molecule has 0 fully saturated rings.